The molecule has 3 aromatic rings. The minimum atomic E-state index is -0.0595. The fourth-order valence-corrected chi connectivity index (χ4v) is 3.42. The van der Waals surface area contributed by atoms with Gasteiger partial charge in [-0.3, -0.25) is 4.79 Å². The normalized spacial score (nSPS) is 16.5. The van der Waals surface area contributed by atoms with Crippen LogP contribution >= 0.6 is 0 Å². The van der Waals surface area contributed by atoms with Gasteiger partial charge in [0.05, 0.1) is 11.7 Å². The number of likely N-dealkylation sites (tertiary alicyclic amines) is 1. The number of hydrogen-bond acceptors (Lipinski definition) is 4. The first-order valence-electron chi connectivity index (χ1n) is 9.11. The van der Waals surface area contributed by atoms with Gasteiger partial charge in [0, 0.05) is 32.1 Å². The Morgan fingerprint density at radius 2 is 2.00 bits per heavy atom. The van der Waals surface area contributed by atoms with Gasteiger partial charge in [0.1, 0.15) is 5.75 Å². The summed E-state index contributed by atoms with van der Waals surface area (Å²) in [5.74, 6) is 1.68. The highest BCUT2D eigenvalue weighted by molar-refractivity contribution is 5.91. The van der Waals surface area contributed by atoms with Crippen LogP contribution in [0.5, 0.6) is 11.6 Å². The zero-order valence-corrected chi connectivity index (χ0v) is 15.5. The molecule has 0 aliphatic carbocycles. The maximum absolute atomic E-state index is 12.9. The maximum Gasteiger partial charge on any atom is 0.290 e. The number of benzene rings is 1. The third-order valence-electron chi connectivity index (χ3n) is 4.86. The molecule has 1 aliphatic heterocycles. The molecule has 0 radical (unpaired) electrons. The van der Waals surface area contributed by atoms with Gasteiger partial charge in [0.25, 0.3) is 5.91 Å². The van der Waals surface area contributed by atoms with Gasteiger partial charge >= 0.3 is 0 Å². The third-order valence-corrected chi connectivity index (χ3v) is 4.86. The molecule has 0 saturated carbocycles. The number of pyridine rings is 1. The molecule has 1 unspecified atom stereocenters. The van der Waals surface area contributed by atoms with Crippen molar-refractivity contribution >= 4 is 5.91 Å². The first kappa shape index (κ1) is 17.3. The Kier molecular flexibility index (Phi) is 4.62. The number of imidazole rings is 1. The summed E-state index contributed by atoms with van der Waals surface area (Å²) in [5, 5.41) is 0. The van der Waals surface area contributed by atoms with Crippen molar-refractivity contribution in [1.82, 2.24) is 19.4 Å². The molecule has 1 aromatic carbocycles. The quantitative estimate of drug-likeness (QED) is 0.706. The minimum Gasteiger partial charge on any atom is -0.439 e. The Labute approximate surface area is 158 Å². The first-order chi connectivity index (χ1) is 13.1. The number of amides is 1. The number of carbonyl (C=O) groups is 1. The van der Waals surface area contributed by atoms with Crippen molar-refractivity contribution in [1.29, 1.82) is 0 Å². The molecule has 3 heterocycles. The Balaban J connectivity index is 1.56. The van der Waals surface area contributed by atoms with Crippen LogP contribution in [0.2, 0.25) is 0 Å². The van der Waals surface area contributed by atoms with Crippen molar-refractivity contribution in [3.63, 3.8) is 0 Å². The Hall–Kier alpha value is -3.15. The third kappa shape index (κ3) is 3.56. The van der Waals surface area contributed by atoms with Crippen LogP contribution in [0.1, 0.15) is 40.8 Å². The topological polar surface area (TPSA) is 60.2 Å². The second-order valence-corrected chi connectivity index (χ2v) is 6.83. The Morgan fingerprint density at radius 3 is 2.74 bits per heavy atom. The number of rotatable bonds is 4. The molecule has 0 bridgehead atoms. The number of nitrogens with zero attached hydrogens (tertiary/aromatic N) is 4. The Morgan fingerprint density at radius 1 is 1.19 bits per heavy atom. The molecule has 1 aliphatic rings. The zero-order chi connectivity index (χ0) is 18.8. The lowest BCUT2D eigenvalue weighted by molar-refractivity contribution is 0.0716. The van der Waals surface area contributed by atoms with E-state index in [4.69, 9.17) is 4.74 Å². The number of hydrogen-bond donors (Lipinski definition) is 0. The fourth-order valence-electron chi connectivity index (χ4n) is 3.42. The van der Waals surface area contributed by atoms with E-state index in [0.29, 0.717) is 18.2 Å². The van der Waals surface area contributed by atoms with Crippen molar-refractivity contribution in [2.24, 2.45) is 7.05 Å². The molecule has 0 N–H and O–H groups in total. The largest absolute Gasteiger partial charge is 0.439 e. The minimum absolute atomic E-state index is 0.0587. The average molecular weight is 362 g/mol. The smallest absolute Gasteiger partial charge is 0.290 e. The number of aryl methyl sites for hydroxylation is 2. The summed E-state index contributed by atoms with van der Waals surface area (Å²) < 4.78 is 7.64. The van der Waals surface area contributed by atoms with E-state index in [1.165, 1.54) is 5.56 Å². The second-order valence-electron chi connectivity index (χ2n) is 6.83. The predicted molar refractivity (Wildman–Crippen MR) is 102 cm³/mol. The van der Waals surface area contributed by atoms with E-state index < -0.39 is 0 Å². The van der Waals surface area contributed by atoms with E-state index in [1.54, 1.807) is 17.0 Å². The molecule has 1 atom stereocenters. The van der Waals surface area contributed by atoms with Gasteiger partial charge in [-0.1, -0.05) is 23.8 Å². The molecule has 138 valence electrons. The highest BCUT2D eigenvalue weighted by atomic mass is 16.5. The van der Waals surface area contributed by atoms with Crippen LogP contribution in [0.15, 0.2) is 54.9 Å². The van der Waals surface area contributed by atoms with Gasteiger partial charge in [0.15, 0.2) is 5.82 Å². The first-order valence-corrected chi connectivity index (χ1v) is 9.11. The van der Waals surface area contributed by atoms with Gasteiger partial charge in [-0.2, -0.15) is 0 Å². The summed E-state index contributed by atoms with van der Waals surface area (Å²) in [6.07, 6.45) is 5.27. The number of carbonyl (C=O) groups excluding carboxylic acids is 1. The van der Waals surface area contributed by atoms with Crippen LogP contribution in [-0.4, -0.2) is 31.9 Å². The monoisotopic (exact) mass is 362 g/mol. The SMILES string of the molecule is Cc1ccc(Oc2cccc(C3CCCN3C(=O)c3nccn3C)n2)cc1. The molecule has 6 heteroatoms. The van der Waals surface area contributed by atoms with E-state index >= 15 is 0 Å². The molecule has 1 amide bonds. The van der Waals surface area contributed by atoms with Crippen molar-refractivity contribution in [3.8, 4) is 11.6 Å². The molecule has 1 fully saturated rings. The molecule has 0 spiro atoms. The summed E-state index contributed by atoms with van der Waals surface area (Å²) in [5.41, 5.74) is 2.03. The lowest BCUT2D eigenvalue weighted by atomic mass is 10.1. The maximum atomic E-state index is 12.9. The fraction of sp³-hybridized carbons (Fsp3) is 0.286. The molecule has 6 nitrogen and oxygen atoms in total. The Bertz CT molecular complexity index is 949. The predicted octanol–water partition coefficient (Wildman–Crippen LogP) is 3.89. The van der Waals surface area contributed by atoms with Crippen LogP contribution < -0.4 is 4.74 Å². The molecule has 2 aromatic heterocycles. The van der Waals surface area contributed by atoms with Crippen LogP contribution in [0.3, 0.4) is 0 Å². The molecular formula is C21H22N4O2. The molecular weight excluding hydrogens is 340 g/mol. The van der Waals surface area contributed by atoms with E-state index in [9.17, 15) is 4.79 Å². The van der Waals surface area contributed by atoms with Gasteiger partial charge in [-0.25, -0.2) is 9.97 Å². The van der Waals surface area contributed by atoms with E-state index in [2.05, 4.69) is 9.97 Å². The van der Waals surface area contributed by atoms with Crippen LogP contribution in [0, 0.1) is 6.92 Å². The van der Waals surface area contributed by atoms with Crippen molar-refractivity contribution in [3.05, 3.63) is 71.9 Å². The standard InChI is InChI=1S/C21H22N4O2/c1-15-8-10-16(11-9-15)27-19-7-3-5-17(23-19)18-6-4-13-25(18)21(26)20-22-12-14-24(20)2/h3,5,7-12,14,18H,4,6,13H2,1-2H3. The molecule has 4 rings (SSSR count). The van der Waals surface area contributed by atoms with Gasteiger partial charge in [0.2, 0.25) is 5.88 Å². The molecule has 27 heavy (non-hydrogen) atoms. The van der Waals surface area contributed by atoms with Crippen LogP contribution in [-0.2, 0) is 7.05 Å². The summed E-state index contributed by atoms with van der Waals surface area (Å²) >= 11 is 0. The lowest BCUT2D eigenvalue weighted by Gasteiger charge is -2.24. The van der Waals surface area contributed by atoms with Crippen LogP contribution in [0.4, 0.5) is 0 Å². The average Bonchev–Trinajstić information content (AvgIpc) is 3.32. The van der Waals surface area contributed by atoms with Gasteiger partial charge in [-0.15, -0.1) is 0 Å². The summed E-state index contributed by atoms with van der Waals surface area (Å²) in [6, 6.07) is 13.5. The van der Waals surface area contributed by atoms with Gasteiger partial charge in [-0.05, 0) is 38.0 Å². The molecule has 1 saturated heterocycles. The summed E-state index contributed by atoms with van der Waals surface area (Å²) in [4.78, 5) is 23.6. The summed E-state index contributed by atoms with van der Waals surface area (Å²) in [6.45, 7) is 2.75. The lowest BCUT2D eigenvalue weighted by Crippen LogP contribution is -2.32. The highest BCUT2D eigenvalue weighted by Gasteiger charge is 2.33. The van der Waals surface area contributed by atoms with Gasteiger partial charge < -0.3 is 14.2 Å². The second kappa shape index (κ2) is 7.23. The van der Waals surface area contributed by atoms with E-state index in [1.807, 2.05) is 61.3 Å². The van der Waals surface area contributed by atoms with Crippen molar-refractivity contribution < 1.29 is 9.53 Å². The van der Waals surface area contributed by atoms with Crippen LogP contribution in [0.25, 0.3) is 0 Å². The van der Waals surface area contributed by atoms with E-state index in [-0.39, 0.29) is 11.9 Å². The highest BCUT2D eigenvalue weighted by Crippen LogP contribution is 2.33. The number of ether oxygens (including phenoxy) is 1. The van der Waals surface area contributed by atoms with Crippen molar-refractivity contribution in [2.45, 2.75) is 25.8 Å². The van der Waals surface area contributed by atoms with E-state index in [0.717, 1.165) is 24.3 Å². The summed E-state index contributed by atoms with van der Waals surface area (Å²) in [7, 11) is 1.83. The zero-order valence-electron chi connectivity index (χ0n) is 15.5. The van der Waals surface area contributed by atoms with Crippen molar-refractivity contribution in [2.75, 3.05) is 6.54 Å². The number of aromatic nitrogens is 3.